The Bertz CT molecular complexity index is 805. The zero-order valence-electron chi connectivity index (χ0n) is 13.8. The van der Waals surface area contributed by atoms with Crippen molar-refractivity contribution in [3.63, 3.8) is 0 Å². The lowest BCUT2D eigenvalue weighted by Crippen LogP contribution is -2.30. The van der Waals surface area contributed by atoms with Crippen LogP contribution in [0.15, 0.2) is 34.8 Å². The summed E-state index contributed by atoms with van der Waals surface area (Å²) in [5.74, 6) is -0.358. The first-order valence-electron chi connectivity index (χ1n) is 6.86. The van der Waals surface area contributed by atoms with E-state index < -0.39 is 10.4 Å². The predicted octanol–water partition coefficient (Wildman–Crippen LogP) is 1.60. The summed E-state index contributed by atoms with van der Waals surface area (Å²) in [5, 5.41) is 0. The number of carbonyl (C=O) groups is 1. The highest BCUT2D eigenvalue weighted by atomic mass is 32.3. The van der Waals surface area contributed by atoms with Crippen LogP contribution in [-0.4, -0.2) is 38.9 Å². The monoisotopic (exact) mass is 406 g/mol. The third-order valence-electron chi connectivity index (χ3n) is 2.71. The normalized spacial score (nSPS) is 10.7. The van der Waals surface area contributed by atoms with Crippen LogP contribution >= 0.6 is 23.1 Å². The van der Waals surface area contributed by atoms with Crippen LogP contribution in [0.1, 0.15) is 16.6 Å². The van der Waals surface area contributed by atoms with Crippen LogP contribution in [0.2, 0.25) is 0 Å². The SMILES string of the molecule is CCOC(=O)c1sc(SC)c(-[n+]2ccccc2)c1N.COS(=O)(=O)[O-]. The van der Waals surface area contributed by atoms with Crippen molar-refractivity contribution in [2.24, 2.45) is 0 Å². The van der Waals surface area contributed by atoms with Crippen molar-refractivity contribution < 1.29 is 31.3 Å². The lowest BCUT2D eigenvalue weighted by atomic mass is 10.3. The van der Waals surface area contributed by atoms with Crippen LogP contribution in [-0.2, 0) is 19.3 Å². The summed E-state index contributed by atoms with van der Waals surface area (Å²) in [4.78, 5) is 12.3. The molecule has 0 spiro atoms. The Kier molecular flexibility index (Phi) is 8.32. The Morgan fingerprint density at radius 1 is 1.36 bits per heavy atom. The zero-order valence-corrected chi connectivity index (χ0v) is 16.2. The summed E-state index contributed by atoms with van der Waals surface area (Å²) in [5.41, 5.74) is 7.44. The molecule has 0 amide bonds. The summed E-state index contributed by atoms with van der Waals surface area (Å²) in [6.07, 6.45) is 5.79. The molecule has 0 aliphatic carbocycles. The van der Waals surface area contributed by atoms with Crippen molar-refractivity contribution in [2.45, 2.75) is 11.1 Å². The molecular formula is C14H18N2O6S3. The standard InChI is InChI=1S/C13H14N2O2S2.CH4O4S/c1-3-17-12(16)11-9(14)10(13(18-2)19-11)15-7-5-4-6-8-15;1-5-6(2,3)4/h4-8H,3H2,1-2H3,(H-,14,16);1H3,(H,2,3,4). The molecule has 11 heteroatoms. The highest BCUT2D eigenvalue weighted by molar-refractivity contribution is 8.00. The van der Waals surface area contributed by atoms with E-state index in [0.717, 1.165) is 17.0 Å². The number of nitrogens with two attached hydrogens (primary N) is 1. The van der Waals surface area contributed by atoms with Crippen LogP contribution in [0.3, 0.4) is 0 Å². The zero-order chi connectivity index (χ0) is 19.0. The Hall–Kier alpha value is -1.66. The van der Waals surface area contributed by atoms with Gasteiger partial charge >= 0.3 is 5.97 Å². The first-order valence-corrected chi connectivity index (χ1v) is 10.2. The Morgan fingerprint density at radius 2 is 1.92 bits per heavy atom. The van der Waals surface area contributed by atoms with Gasteiger partial charge in [-0.25, -0.2) is 13.2 Å². The van der Waals surface area contributed by atoms with Crippen LogP contribution in [0, 0.1) is 0 Å². The molecule has 0 saturated carbocycles. The maximum Gasteiger partial charge on any atom is 0.350 e. The van der Waals surface area contributed by atoms with Gasteiger partial charge in [0.1, 0.15) is 14.8 Å². The highest BCUT2D eigenvalue weighted by Crippen LogP contribution is 2.37. The van der Waals surface area contributed by atoms with Crippen molar-refractivity contribution in [2.75, 3.05) is 25.7 Å². The molecule has 2 aromatic heterocycles. The molecule has 0 fully saturated rings. The summed E-state index contributed by atoms with van der Waals surface area (Å²) < 4.78 is 39.0. The molecule has 25 heavy (non-hydrogen) atoms. The molecule has 8 nitrogen and oxygen atoms in total. The van der Waals surface area contributed by atoms with E-state index in [2.05, 4.69) is 4.18 Å². The first kappa shape index (κ1) is 21.4. The molecule has 2 aromatic rings. The average Bonchev–Trinajstić information content (AvgIpc) is 2.92. The van der Waals surface area contributed by atoms with E-state index in [4.69, 9.17) is 10.5 Å². The molecule has 0 saturated heterocycles. The number of anilines is 1. The van der Waals surface area contributed by atoms with Gasteiger partial charge in [0.25, 0.3) is 5.69 Å². The maximum atomic E-state index is 11.9. The van der Waals surface area contributed by atoms with Crippen molar-refractivity contribution in [1.82, 2.24) is 0 Å². The van der Waals surface area contributed by atoms with Crippen LogP contribution in [0.5, 0.6) is 0 Å². The predicted molar refractivity (Wildman–Crippen MR) is 94.7 cm³/mol. The van der Waals surface area contributed by atoms with E-state index in [1.165, 1.54) is 11.3 Å². The van der Waals surface area contributed by atoms with Crippen LogP contribution in [0.4, 0.5) is 5.69 Å². The molecule has 0 aliphatic heterocycles. The third-order valence-corrected chi connectivity index (χ3v) is 5.40. The minimum absolute atomic E-state index is 0.346. The van der Waals surface area contributed by atoms with Gasteiger partial charge < -0.3 is 15.0 Å². The molecule has 2 heterocycles. The topological polar surface area (TPSA) is 123 Å². The second-order valence-electron chi connectivity index (χ2n) is 4.26. The maximum absolute atomic E-state index is 11.9. The number of thioether (sulfide) groups is 1. The number of rotatable bonds is 5. The van der Waals surface area contributed by atoms with E-state index in [9.17, 15) is 17.8 Å². The van der Waals surface area contributed by atoms with Gasteiger partial charge in [-0.05, 0) is 13.2 Å². The highest BCUT2D eigenvalue weighted by Gasteiger charge is 2.27. The quantitative estimate of drug-likeness (QED) is 0.261. The van der Waals surface area contributed by atoms with Gasteiger partial charge in [-0.2, -0.15) is 4.57 Å². The molecule has 0 atom stereocenters. The van der Waals surface area contributed by atoms with Crippen molar-refractivity contribution >= 4 is 45.2 Å². The smallest absolute Gasteiger partial charge is 0.350 e. The van der Waals surface area contributed by atoms with E-state index in [1.54, 1.807) is 18.7 Å². The minimum atomic E-state index is -4.41. The van der Waals surface area contributed by atoms with Crippen molar-refractivity contribution in [1.29, 1.82) is 0 Å². The van der Waals surface area contributed by atoms with E-state index >= 15 is 0 Å². The Balaban J connectivity index is 0.000000450. The number of pyridine rings is 1. The fourth-order valence-electron chi connectivity index (χ4n) is 1.69. The van der Waals surface area contributed by atoms with Crippen LogP contribution in [0.25, 0.3) is 5.69 Å². The lowest BCUT2D eigenvalue weighted by molar-refractivity contribution is -0.596. The van der Waals surface area contributed by atoms with E-state index in [1.807, 2.05) is 41.4 Å². The van der Waals surface area contributed by atoms with Crippen molar-refractivity contribution in [3.05, 3.63) is 35.5 Å². The molecule has 2 rings (SSSR count). The molecular weight excluding hydrogens is 388 g/mol. The molecule has 0 bridgehead atoms. The molecule has 138 valence electrons. The van der Waals surface area contributed by atoms with Gasteiger partial charge in [-0.3, -0.25) is 4.18 Å². The fourth-order valence-corrected chi connectivity index (χ4v) is 3.53. The molecule has 0 radical (unpaired) electrons. The fraction of sp³-hybridized carbons (Fsp3) is 0.286. The minimum Gasteiger partial charge on any atom is -0.726 e. The van der Waals surface area contributed by atoms with Crippen molar-refractivity contribution in [3.8, 4) is 5.69 Å². The second kappa shape index (κ2) is 9.73. The van der Waals surface area contributed by atoms with E-state index in [-0.39, 0.29) is 5.97 Å². The first-order chi connectivity index (χ1) is 11.7. The Labute approximate surface area is 154 Å². The lowest BCUT2D eigenvalue weighted by Gasteiger charge is -1.99. The number of nitrogens with zero attached hydrogens (tertiary/aromatic N) is 1. The second-order valence-corrected chi connectivity index (χ2v) is 7.51. The van der Waals surface area contributed by atoms with Gasteiger partial charge in [0.15, 0.2) is 12.4 Å². The van der Waals surface area contributed by atoms with Gasteiger partial charge in [-0.1, -0.05) is 6.07 Å². The Morgan fingerprint density at radius 3 is 2.36 bits per heavy atom. The van der Waals surface area contributed by atoms with Gasteiger partial charge in [0.2, 0.25) is 10.4 Å². The third kappa shape index (κ3) is 6.29. The summed E-state index contributed by atoms with van der Waals surface area (Å²) in [6, 6.07) is 5.78. The molecule has 0 aromatic carbocycles. The summed E-state index contributed by atoms with van der Waals surface area (Å²) in [7, 11) is -3.60. The van der Waals surface area contributed by atoms with E-state index in [0.29, 0.717) is 17.2 Å². The number of aromatic nitrogens is 1. The number of thiophene rings is 1. The largest absolute Gasteiger partial charge is 0.726 e. The number of esters is 1. The summed E-state index contributed by atoms with van der Waals surface area (Å²) >= 11 is 2.94. The van der Waals surface area contributed by atoms with Crippen LogP contribution < -0.4 is 10.3 Å². The van der Waals surface area contributed by atoms with Gasteiger partial charge in [0, 0.05) is 12.1 Å². The van der Waals surface area contributed by atoms with Gasteiger partial charge in [0.05, 0.1) is 13.7 Å². The number of nitrogen functional groups attached to an aromatic ring is 1. The number of hydrogen-bond donors (Lipinski definition) is 1. The summed E-state index contributed by atoms with van der Waals surface area (Å²) in [6.45, 7) is 2.13. The average molecular weight is 407 g/mol. The van der Waals surface area contributed by atoms with Gasteiger partial charge in [-0.15, -0.1) is 23.1 Å². The number of ether oxygens (including phenoxy) is 1. The molecule has 0 aliphatic rings. The number of hydrogen-bond acceptors (Lipinski definition) is 9. The molecule has 2 N–H and O–H groups in total. The molecule has 0 unspecified atom stereocenters. The number of carbonyl (C=O) groups excluding carboxylic acids is 1.